The Balaban J connectivity index is 1.70. The van der Waals surface area contributed by atoms with Crippen LogP contribution in [0.4, 0.5) is 5.69 Å². The largest absolute Gasteiger partial charge is 0.379 e. The molecule has 24 heavy (non-hydrogen) atoms. The zero-order chi connectivity index (χ0) is 16.9. The van der Waals surface area contributed by atoms with E-state index in [1.807, 2.05) is 18.2 Å². The third-order valence-corrected chi connectivity index (χ3v) is 4.44. The van der Waals surface area contributed by atoms with Crippen LogP contribution >= 0.6 is 23.2 Å². The fraction of sp³-hybridized carbons (Fsp3) is 0.278. The van der Waals surface area contributed by atoms with Gasteiger partial charge in [-0.05, 0) is 35.9 Å². The molecular formula is C18H18Cl2N2O2. The van der Waals surface area contributed by atoms with Crippen molar-refractivity contribution in [2.75, 3.05) is 31.6 Å². The van der Waals surface area contributed by atoms with E-state index in [9.17, 15) is 4.79 Å². The Labute approximate surface area is 151 Å². The number of carbonyl (C=O) groups is 1. The normalized spacial score (nSPS) is 15.2. The lowest BCUT2D eigenvalue weighted by Gasteiger charge is -2.26. The maximum Gasteiger partial charge on any atom is 0.255 e. The molecule has 1 amide bonds. The summed E-state index contributed by atoms with van der Waals surface area (Å²) >= 11 is 12.1. The van der Waals surface area contributed by atoms with Crippen molar-refractivity contribution < 1.29 is 9.53 Å². The van der Waals surface area contributed by atoms with Gasteiger partial charge >= 0.3 is 0 Å². The van der Waals surface area contributed by atoms with Gasteiger partial charge in [-0.3, -0.25) is 9.69 Å². The van der Waals surface area contributed by atoms with Gasteiger partial charge in [-0.1, -0.05) is 35.3 Å². The molecule has 0 aromatic heterocycles. The molecule has 1 heterocycles. The van der Waals surface area contributed by atoms with E-state index in [1.165, 1.54) is 0 Å². The molecule has 1 aliphatic rings. The van der Waals surface area contributed by atoms with Gasteiger partial charge in [-0.2, -0.15) is 0 Å². The highest BCUT2D eigenvalue weighted by Crippen LogP contribution is 2.26. The van der Waals surface area contributed by atoms with Crippen LogP contribution in [-0.2, 0) is 11.3 Å². The summed E-state index contributed by atoms with van der Waals surface area (Å²) in [6, 6.07) is 12.6. The highest BCUT2D eigenvalue weighted by molar-refractivity contribution is 6.35. The van der Waals surface area contributed by atoms with Gasteiger partial charge in [0.1, 0.15) is 0 Å². The Bertz CT molecular complexity index is 731. The average Bonchev–Trinajstić information content (AvgIpc) is 2.59. The third kappa shape index (κ3) is 4.48. The topological polar surface area (TPSA) is 41.6 Å². The second-order valence-corrected chi connectivity index (χ2v) is 6.51. The number of carbonyl (C=O) groups excluding carboxylic acids is 1. The van der Waals surface area contributed by atoms with E-state index >= 15 is 0 Å². The molecule has 0 unspecified atom stereocenters. The fourth-order valence-corrected chi connectivity index (χ4v) is 2.95. The Morgan fingerprint density at radius 3 is 2.71 bits per heavy atom. The van der Waals surface area contributed by atoms with Crippen molar-refractivity contribution in [3.05, 3.63) is 63.6 Å². The van der Waals surface area contributed by atoms with E-state index in [0.717, 1.165) is 38.4 Å². The second-order valence-electron chi connectivity index (χ2n) is 5.67. The lowest BCUT2D eigenvalue weighted by Crippen LogP contribution is -2.35. The number of hydrogen-bond acceptors (Lipinski definition) is 3. The minimum atomic E-state index is -0.206. The van der Waals surface area contributed by atoms with Crippen molar-refractivity contribution in [2.24, 2.45) is 0 Å². The first kappa shape index (κ1) is 17.2. The highest BCUT2D eigenvalue weighted by Gasteiger charge is 2.13. The van der Waals surface area contributed by atoms with Crippen LogP contribution in [0.3, 0.4) is 0 Å². The van der Waals surface area contributed by atoms with E-state index in [2.05, 4.69) is 10.2 Å². The molecule has 1 saturated heterocycles. The van der Waals surface area contributed by atoms with Crippen molar-refractivity contribution in [1.82, 2.24) is 4.90 Å². The van der Waals surface area contributed by atoms with Crippen molar-refractivity contribution in [2.45, 2.75) is 6.54 Å². The van der Waals surface area contributed by atoms with Crippen LogP contribution in [0.2, 0.25) is 10.0 Å². The van der Waals surface area contributed by atoms with Crippen molar-refractivity contribution in [1.29, 1.82) is 0 Å². The number of anilines is 1. The molecule has 6 heteroatoms. The van der Waals surface area contributed by atoms with Crippen LogP contribution in [-0.4, -0.2) is 37.1 Å². The highest BCUT2D eigenvalue weighted by atomic mass is 35.5. The molecule has 1 N–H and O–H groups in total. The molecule has 4 nitrogen and oxygen atoms in total. The Morgan fingerprint density at radius 1 is 1.12 bits per heavy atom. The van der Waals surface area contributed by atoms with Crippen LogP contribution in [0.5, 0.6) is 0 Å². The molecule has 126 valence electrons. The first-order valence-corrected chi connectivity index (χ1v) is 8.53. The van der Waals surface area contributed by atoms with Gasteiger partial charge < -0.3 is 10.1 Å². The summed E-state index contributed by atoms with van der Waals surface area (Å²) in [4.78, 5) is 14.8. The number of benzene rings is 2. The predicted molar refractivity (Wildman–Crippen MR) is 97.0 cm³/mol. The van der Waals surface area contributed by atoms with E-state index in [4.69, 9.17) is 27.9 Å². The minimum Gasteiger partial charge on any atom is -0.379 e. The summed E-state index contributed by atoms with van der Waals surface area (Å²) in [6.07, 6.45) is 0. The van der Waals surface area contributed by atoms with Gasteiger partial charge in [-0.15, -0.1) is 0 Å². The molecule has 1 fully saturated rings. The van der Waals surface area contributed by atoms with Crippen LogP contribution in [0.15, 0.2) is 42.5 Å². The van der Waals surface area contributed by atoms with Gasteiger partial charge in [0.15, 0.2) is 0 Å². The first-order valence-electron chi connectivity index (χ1n) is 7.77. The first-order chi connectivity index (χ1) is 11.6. The van der Waals surface area contributed by atoms with Gasteiger partial charge in [-0.25, -0.2) is 0 Å². The molecule has 0 saturated carbocycles. The third-order valence-electron chi connectivity index (χ3n) is 3.88. The van der Waals surface area contributed by atoms with Gasteiger partial charge in [0.05, 0.1) is 23.9 Å². The number of morpholine rings is 1. The van der Waals surface area contributed by atoms with Crippen molar-refractivity contribution in [3.8, 4) is 0 Å². The number of ether oxygens (including phenoxy) is 1. The standard InChI is InChI=1S/C18H18Cl2N2O2/c19-15-4-5-16(20)17(11-15)21-18(23)14-3-1-2-13(10-14)12-22-6-8-24-9-7-22/h1-5,10-11H,6-9,12H2,(H,21,23). The minimum absolute atomic E-state index is 0.206. The fourth-order valence-electron chi connectivity index (χ4n) is 2.62. The quantitative estimate of drug-likeness (QED) is 0.888. The molecular weight excluding hydrogens is 347 g/mol. The number of hydrogen-bond donors (Lipinski definition) is 1. The SMILES string of the molecule is O=C(Nc1cc(Cl)ccc1Cl)c1cccc(CN2CCOCC2)c1. The summed E-state index contributed by atoms with van der Waals surface area (Å²) < 4.78 is 5.36. The van der Waals surface area contributed by atoms with Crippen LogP contribution < -0.4 is 5.32 Å². The molecule has 2 aromatic rings. The smallest absolute Gasteiger partial charge is 0.255 e. The Kier molecular flexibility index (Phi) is 5.74. The number of rotatable bonds is 4. The van der Waals surface area contributed by atoms with Crippen LogP contribution in [0.25, 0.3) is 0 Å². The molecule has 1 aliphatic heterocycles. The lowest BCUT2D eigenvalue weighted by molar-refractivity contribution is 0.0342. The second kappa shape index (κ2) is 7.99. The summed E-state index contributed by atoms with van der Waals surface area (Å²) in [5.74, 6) is -0.206. The maximum absolute atomic E-state index is 12.5. The molecule has 2 aromatic carbocycles. The number of nitrogens with one attached hydrogen (secondary N) is 1. The lowest BCUT2D eigenvalue weighted by atomic mass is 10.1. The van der Waals surface area contributed by atoms with E-state index in [-0.39, 0.29) is 5.91 Å². The van der Waals surface area contributed by atoms with Crippen molar-refractivity contribution >= 4 is 34.8 Å². The molecule has 0 spiro atoms. The van der Waals surface area contributed by atoms with E-state index < -0.39 is 0 Å². The van der Waals surface area contributed by atoms with E-state index in [0.29, 0.717) is 21.3 Å². The van der Waals surface area contributed by atoms with Crippen LogP contribution in [0, 0.1) is 0 Å². The molecule has 3 rings (SSSR count). The number of nitrogens with zero attached hydrogens (tertiary/aromatic N) is 1. The number of amides is 1. The summed E-state index contributed by atoms with van der Waals surface area (Å²) in [5.41, 5.74) is 2.20. The van der Waals surface area contributed by atoms with Gasteiger partial charge in [0.25, 0.3) is 5.91 Å². The zero-order valence-electron chi connectivity index (χ0n) is 13.1. The monoisotopic (exact) mass is 364 g/mol. The maximum atomic E-state index is 12.5. The average molecular weight is 365 g/mol. The van der Waals surface area contributed by atoms with E-state index in [1.54, 1.807) is 24.3 Å². The summed E-state index contributed by atoms with van der Waals surface area (Å²) in [5, 5.41) is 3.79. The zero-order valence-corrected chi connectivity index (χ0v) is 14.6. The Morgan fingerprint density at radius 2 is 1.92 bits per heavy atom. The van der Waals surface area contributed by atoms with Gasteiger partial charge in [0, 0.05) is 30.2 Å². The molecule has 0 radical (unpaired) electrons. The molecule has 0 aliphatic carbocycles. The van der Waals surface area contributed by atoms with Gasteiger partial charge in [0.2, 0.25) is 0 Å². The molecule has 0 atom stereocenters. The summed E-state index contributed by atoms with van der Waals surface area (Å²) in [7, 11) is 0. The summed E-state index contributed by atoms with van der Waals surface area (Å²) in [6.45, 7) is 4.15. The number of halogens is 2. The van der Waals surface area contributed by atoms with Crippen LogP contribution in [0.1, 0.15) is 15.9 Å². The molecule has 0 bridgehead atoms. The Hall–Kier alpha value is -1.59. The van der Waals surface area contributed by atoms with Crippen molar-refractivity contribution in [3.63, 3.8) is 0 Å². The predicted octanol–water partition coefficient (Wildman–Crippen LogP) is 4.08.